The highest BCUT2D eigenvalue weighted by atomic mass is 32.2. The Morgan fingerprint density at radius 1 is 1.21 bits per heavy atom. The van der Waals surface area contributed by atoms with E-state index in [1.807, 2.05) is 35.9 Å². The van der Waals surface area contributed by atoms with Crippen molar-refractivity contribution in [3.05, 3.63) is 41.6 Å². The molecule has 4 rings (SSSR count). The molecule has 28 heavy (non-hydrogen) atoms. The molecule has 2 aromatic heterocycles. The summed E-state index contributed by atoms with van der Waals surface area (Å²) in [5, 5.41) is 5.66. The lowest BCUT2D eigenvalue weighted by atomic mass is 10.1. The van der Waals surface area contributed by atoms with Gasteiger partial charge in [0.05, 0.1) is 35.5 Å². The fraction of sp³-hybridized carbons (Fsp3) is 0.429. The number of hydrogen-bond donors (Lipinski definition) is 0. The van der Waals surface area contributed by atoms with Crippen LogP contribution in [0.3, 0.4) is 0 Å². The molecule has 3 aromatic rings. The molecular weight excluding hydrogens is 374 g/mol. The highest BCUT2D eigenvalue weighted by Gasteiger charge is 2.31. The number of pyridine rings is 1. The molecule has 1 unspecified atom stereocenters. The predicted molar refractivity (Wildman–Crippen MR) is 111 cm³/mol. The molecule has 1 aliphatic heterocycles. The third kappa shape index (κ3) is 3.51. The Balaban J connectivity index is 1.76. The number of sulfone groups is 1. The van der Waals surface area contributed by atoms with Gasteiger partial charge in [-0.2, -0.15) is 5.10 Å². The second-order valence-electron chi connectivity index (χ2n) is 7.48. The Kier molecular flexibility index (Phi) is 4.87. The van der Waals surface area contributed by atoms with Crippen molar-refractivity contribution in [2.75, 3.05) is 18.1 Å². The molecule has 0 aliphatic carbocycles. The molecule has 0 spiro atoms. The minimum atomic E-state index is -2.99. The van der Waals surface area contributed by atoms with Gasteiger partial charge in [0.2, 0.25) is 0 Å². The Morgan fingerprint density at radius 2 is 1.96 bits per heavy atom. The summed E-state index contributed by atoms with van der Waals surface area (Å²) in [6.07, 6.45) is 1.56. The number of aryl methyl sites for hydroxylation is 2. The monoisotopic (exact) mass is 399 g/mol. The number of fused-ring (bicyclic) bond motifs is 1. The van der Waals surface area contributed by atoms with Gasteiger partial charge < -0.3 is 4.74 Å². The van der Waals surface area contributed by atoms with Gasteiger partial charge in [-0.3, -0.25) is 0 Å². The van der Waals surface area contributed by atoms with E-state index in [1.54, 1.807) is 0 Å². The van der Waals surface area contributed by atoms with Gasteiger partial charge in [0, 0.05) is 10.9 Å². The van der Waals surface area contributed by atoms with E-state index >= 15 is 0 Å². The van der Waals surface area contributed by atoms with Crippen LogP contribution in [0.15, 0.2) is 30.3 Å². The molecule has 1 fully saturated rings. The van der Waals surface area contributed by atoms with E-state index < -0.39 is 9.84 Å². The molecule has 0 N–H and O–H groups in total. The van der Waals surface area contributed by atoms with Crippen LogP contribution < -0.4 is 4.74 Å². The van der Waals surface area contributed by atoms with Gasteiger partial charge in [0.25, 0.3) is 0 Å². The van der Waals surface area contributed by atoms with Gasteiger partial charge >= 0.3 is 0 Å². The first kappa shape index (κ1) is 18.9. The van der Waals surface area contributed by atoms with E-state index in [0.717, 1.165) is 45.7 Å². The van der Waals surface area contributed by atoms with Crippen LogP contribution in [0.1, 0.15) is 37.1 Å². The van der Waals surface area contributed by atoms with Crippen LogP contribution in [0, 0.1) is 13.8 Å². The number of aromatic nitrogens is 3. The number of ether oxygens (including phenoxy) is 1. The maximum Gasteiger partial charge on any atom is 0.159 e. The first-order chi connectivity index (χ1) is 13.4. The molecule has 0 amide bonds. The van der Waals surface area contributed by atoms with Crippen molar-refractivity contribution < 1.29 is 13.2 Å². The van der Waals surface area contributed by atoms with E-state index in [1.165, 1.54) is 0 Å². The number of nitrogens with zero attached hydrogens (tertiary/aromatic N) is 3. The molecule has 1 aliphatic rings. The maximum absolute atomic E-state index is 11.9. The van der Waals surface area contributed by atoms with Gasteiger partial charge in [-0.25, -0.2) is 18.1 Å². The minimum absolute atomic E-state index is 0.137. The van der Waals surface area contributed by atoms with Crippen LogP contribution in [0.25, 0.3) is 22.3 Å². The molecule has 0 bridgehead atoms. The smallest absolute Gasteiger partial charge is 0.159 e. The summed E-state index contributed by atoms with van der Waals surface area (Å²) in [5.41, 5.74) is 4.60. The Labute approximate surface area is 165 Å². The molecule has 0 radical (unpaired) electrons. The van der Waals surface area contributed by atoms with E-state index in [2.05, 4.69) is 25.0 Å². The zero-order valence-electron chi connectivity index (χ0n) is 16.5. The lowest BCUT2D eigenvalue weighted by molar-refractivity contribution is 0.317. The molecule has 0 saturated carbocycles. The van der Waals surface area contributed by atoms with Gasteiger partial charge in [-0.15, -0.1) is 0 Å². The zero-order valence-corrected chi connectivity index (χ0v) is 17.3. The third-order valence-corrected chi connectivity index (χ3v) is 6.96. The lowest BCUT2D eigenvalue weighted by Gasteiger charge is -2.11. The van der Waals surface area contributed by atoms with Gasteiger partial charge in [-0.1, -0.05) is 6.92 Å². The summed E-state index contributed by atoms with van der Waals surface area (Å²) in [6, 6.07) is 9.84. The summed E-state index contributed by atoms with van der Waals surface area (Å²) in [7, 11) is -2.99. The molecule has 7 heteroatoms. The molecule has 148 valence electrons. The van der Waals surface area contributed by atoms with Crippen molar-refractivity contribution in [1.29, 1.82) is 0 Å². The van der Waals surface area contributed by atoms with Crippen LogP contribution in [-0.4, -0.2) is 41.3 Å². The quantitative estimate of drug-likeness (QED) is 0.651. The van der Waals surface area contributed by atoms with Crippen molar-refractivity contribution >= 4 is 20.9 Å². The summed E-state index contributed by atoms with van der Waals surface area (Å²) in [5.74, 6) is 1.20. The molecule has 1 aromatic carbocycles. The fourth-order valence-electron chi connectivity index (χ4n) is 3.84. The average Bonchev–Trinajstić information content (AvgIpc) is 3.19. The average molecular weight is 400 g/mol. The number of rotatable bonds is 5. The van der Waals surface area contributed by atoms with Crippen LogP contribution in [0.5, 0.6) is 5.75 Å². The molecule has 1 atom stereocenters. The first-order valence-corrected chi connectivity index (χ1v) is 11.5. The second kappa shape index (κ2) is 7.20. The van der Waals surface area contributed by atoms with Gasteiger partial charge in [0.15, 0.2) is 15.5 Å². The van der Waals surface area contributed by atoms with Crippen molar-refractivity contribution in [3.63, 3.8) is 0 Å². The summed E-state index contributed by atoms with van der Waals surface area (Å²) >= 11 is 0. The fourth-order valence-corrected chi connectivity index (χ4v) is 5.53. The summed E-state index contributed by atoms with van der Waals surface area (Å²) in [4.78, 5) is 4.88. The van der Waals surface area contributed by atoms with Crippen molar-refractivity contribution in [2.24, 2.45) is 0 Å². The van der Waals surface area contributed by atoms with E-state index in [-0.39, 0.29) is 17.5 Å². The molecular formula is C21H25N3O3S. The second-order valence-corrected chi connectivity index (χ2v) is 9.71. The lowest BCUT2D eigenvalue weighted by Crippen LogP contribution is -2.13. The van der Waals surface area contributed by atoms with Gasteiger partial charge in [0.1, 0.15) is 5.75 Å². The highest BCUT2D eigenvalue weighted by molar-refractivity contribution is 7.91. The normalized spacial score (nSPS) is 18.6. The van der Waals surface area contributed by atoms with Crippen molar-refractivity contribution in [2.45, 2.75) is 39.7 Å². The van der Waals surface area contributed by atoms with E-state index in [4.69, 9.17) is 9.72 Å². The summed E-state index contributed by atoms with van der Waals surface area (Å²) in [6.45, 7) is 6.79. The predicted octanol–water partition coefficient (Wildman–Crippen LogP) is 3.86. The minimum Gasteiger partial charge on any atom is -0.494 e. The van der Waals surface area contributed by atoms with Crippen molar-refractivity contribution in [3.8, 4) is 17.0 Å². The first-order valence-electron chi connectivity index (χ1n) is 9.68. The standard InChI is InChI=1S/C21H25N3O3S/c1-4-10-27-18-7-5-16(6-8-18)19-12-14(2)20-15(3)23-24(21(20)22-19)17-9-11-28(25,26)13-17/h5-8,12,17H,4,9-11,13H2,1-3H3. The largest absolute Gasteiger partial charge is 0.494 e. The Hall–Kier alpha value is -2.41. The molecule has 1 saturated heterocycles. The highest BCUT2D eigenvalue weighted by Crippen LogP contribution is 2.32. The van der Waals surface area contributed by atoms with Crippen LogP contribution in [-0.2, 0) is 9.84 Å². The Morgan fingerprint density at radius 3 is 2.61 bits per heavy atom. The zero-order chi connectivity index (χ0) is 19.9. The number of hydrogen-bond acceptors (Lipinski definition) is 5. The number of benzene rings is 1. The van der Waals surface area contributed by atoms with Crippen LogP contribution in [0.4, 0.5) is 0 Å². The van der Waals surface area contributed by atoms with E-state index in [9.17, 15) is 8.42 Å². The third-order valence-electron chi connectivity index (χ3n) is 5.21. The van der Waals surface area contributed by atoms with E-state index in [0.29, 0.717) is 13.0 Å². The van der Waals surface area contributed by atoms with Crippen LogP contribution >= 0.6 is 0 Å². The van der Waals surface area contributed by atoms with Gasteiger partial charge in [-0.05, 0) is 62.6 Å². The topological polar surface area (TPSA) is 74.1 Å². The molecule has 3 heterocycles. The van der Waals surface area contributed by atoms with Crippen molar-refractivity contribution in [1.82, 2.24) is 14.8 Å². The Bertz CT molecular complexity index is 1120. The SMILES string of the molecule is CCCOc1ccc(-c2cc(C)c3c(C)nn(C4CCS(=O)(=O)C4)c3n2)cc1. The summed E-state index contributed by atoms with van der Waals surface area (Å²) < 4.78 is 31.4. The van der Waals surface area contributed by atoms with Crippen LogP contribution in [0.2, 0.25) is 0 Å². The molecule has 6 nitrogen and oxygen atoms in total. The maximum atomic E-state index is 11.9.